The van der Waals surface area contributed by atoms with Crippen LogP contribution >= 0.6 is 0 Å². The van der Waals surface area contributed by atoms with Crippen LogP contribution in [0.2, 0.25) is 0 Å². The lowest BCUT2D eigenvalue weighted by Gasteiger charge is -2.30. The zero-order valence-electron chi connectivity index (χ0n) is 48.7. The van der Waals surface area contributed by atoms with Crippen molar-refractivity contribution in [1.29, 1.82) is 0 Å². The molecule has 0 aliphatic carbocycles. The van der Waals surface area contributed by atoms with Gasteiger partial charge in [-0.2, -0.15) is 0 Å². The minimum absolute atomic E-state index is 0.159. The number of rotatable bonds is 12. The SMILES string of the molecule is CC(C)(C)c1cc(C(Cc2nc(CC(c3ccccc3)c3cc(C(C)(C)C)c(O)c(C(C)(C)C)c3)nc(CC(c3ccccc3)c3cc(C(C)(C)C)c(O)c(C(C)(C)C)c3)n2)c2ccccc2)cc(C(C)(C)C)c1O. The molecule has 0 radical (unpaired) electrons. The Morgan fingerprint density at radius 3 is 0.613 bits per heavy atom. The predicted octanol–water partition coefficient (Wildman–Crippen LogP) is 16.9. The largest absolute Gasteiger partial charge is 0.507 e. The van der Waals surface area contributed by atoms with Crippen LogP contribution in [-0.2, 0) is 51.8 Å². The third-order valence-electron chi connectivity index (χ3n) is 15.0. The summed E-state index contributed by atoms with van der Waals surface area (Å²) in [5.74, 6) is 2.66. The second kappa shape index (κ2) is 21.0. The molecule has 3 unspecified atom stereocenters. The van der Waals surface area contributed by atoms with E-state index in [9.17, 15) is 15.3 Å². The molecule has 0 aliphatic rings. The van der Waals surface area contributed by atoms with Gasteiger partial charge in [-0.1, -0.05) is 252 Å². The molecule has 0 fully saturated rings. The van der Waals surface area contributed by atoms with Crippen LogP contribution in [0.1, 0.15) is 227 Å². The molecular formula is C69H87N3O3. The summed E-state index contributed by atoms with van der Waals surface area (Å²) in [5, 5.41) is 35.9. The molecule has 0 amide bonds. The van der Waals surface area contributed by atoms with Crippen LogP contribution in [0.15, 0.2) is 127 Å². The number of hydrogen-bond donors (Lipinski definition) is 3. The van der Waals surface area contributed by atoms with Gasteiger partial charge in [0, 0.05) is 37.0 Å². The molecule has 1 heterocycles. The molecule has 6 nitrogen and oxygen atoms in total. The Labute approximate surface area is 451 Å². The summed E-state index contributed by atoms with van der Waals surface area (Å²) in [6, 6.07) is 45.2. The molecule has 6 aromatic carbocycles. The molecule has 7 rings (SSSR count). The third kappa shape index (κ3) is 13.1. The van der Waals surface area contributed by atoms with Crippen molar-refractivity contribution in [2.24, 2.45) is 0 Å². The Hall–Kier alpha value is -6.27. The first kappa shape index (κ1) is 56.5. The summed E-state index contributed by atoms with van der Waals surface area (Å²) in [6.45, 7) is 39.0. The maximum atomic E-state index is 12.0. The fourth-order valence-corrected chi connectivity index (χ4v) is 10.7. The van der Waals surface area contributed by atoms with Gasteiger partial charge in [-0.05, 0) is 99.3 Å². The van der Waals surface area contributed by atoms with E-state index in [0.29, 0.717) is 54.0 Å². The fraction of sp³-hybridized carbons (Fsp3) is 0.435. The topological polar surface area (TPSA) is 99.4 Å². The van der Waals surface area contributed by atoms with E-state index in [2.05, 4.69) is 252 Å². The lowest BCUT2D eigenvalue weighted by Crippen LogP contribution is -2.21. The van der Waals surface area contributed by atoms with E-state index in [1.165, 1.54) is 0 Å². The lowest BCUT2D eigenvalue weighted by molar-refractivity contribution is 0.421. The highest BCUT2D eigenvalue weighted by Crippen LogP contribution is 2.46. The van der Waals surface area contributed by atoms with Crippen LogP contribution in [0, 0.1) is 0 Å². The monoisotopic (exact) mass is 1010 g/mol. The standard InChI is InChI=1S/C69H87N3O3/c1-64(2,3)52-34-46(35-53(61(52)73)65(4,5)6)49(43-28-22-19-23-29-43)40-58-70-59(41-50(44-30-24-20-25-31-44)47-36-54(66(7,8)9)62(74)55(37-47)67(10,11)12)72-60(71-58)42-51(45-32-26-21-27-33-45)48-38-56(68(13,14)15)63(75)57(39-48)69(16,17)18/h19-39,49-51,73-75H,40-42H2,1-18H3. The lowest BCUT2D eigenvalue weighted by atomic mass is 9.75. The Morgan fingerprint density at radius 2 is 0.453 bits per heavy atom. The minimum atomic E-state index is -0.324. The predicted molar refractivity (Wildman–Crippen MR) is 312 cm³/mol. The zero-order valence-corrected chi connectivity index (χ0v) is 48.7. The van der Waals surface area contributed by atoms with E-state index in [-0.39, 0.29) is 50.2 Å². The molecule has 3 N–H and O–H groups in total. The van der Waals surface area contributed by atoms with Gasteiger partial charge in [-0.3, -0.25) is 0 Å². The van der Waals surface area contributed by atoms with E-state index in [4.69, 9.17) is 15.0 Å². The van der Waals surface area contributed by atoms with Gasteiger partial charge in [0.2, 0.25) is 0 Å². The highest BCUT2D eigenvalue weighted by Gasteiger charge is 2.34. The van der Waals surface area contributed by atoms with Gasteiger partial charge < -0.3 is 15.3 Å². The minimum Gasteiger partial charge on any atom is -0.507 e. The molecule has 396 valence electrons. The molecule has 0 saturated carbocycles. The Kier molecular flexibility index (Phi) is 15.8. The van der Waals surface area contributed by atoms with Gasteiger partial charge in [0.05, 0.1) is 0 Å². The molecule has 75 heavy (non-hydrogen) atoms. The zero-order chi connectivity index (χ0) is 55.2. The number of phenols is 3. The van der Waals surface area contributed by atoms with Crippen molar-refractivity contribution in [2.45, 2.75) is 194 Å². The molecule has 0 saturated heterocycles. The Balaban J connectivity index is 1.51. The smallest absolute Gasteiger partial charge is 0.133 e. The molecule has 0 spiro atoms. The van der Waals surface area contributed by atoms with Crippen molar-refractivity contribution in [3.63, 3.8) is 0 Å². The van der Waals surface area contributed by atoms with Crippen molar-refractivity contribution >= 4 is 0 Å². The number of aromatic nitrogens is 3. The summed E-state index contributed by atoms with van der Waals surface area (Å²) in [4.78, 5) is 16.6. The van der Waals surface area contributed by atoms with Crippen LogP contribution in [-0.4, -0.2) is 30.3 Å². The Bertz CT molecular complexity index is 2640. The van der Waals surface area contributed by atoms with E-state index >= 15 is 0 Å². The summed E-state index contributed by atoms with van der Waals surface area (Å²) < 4.78 is 0. The first-order valence-corrected chi connectivity index (χ1v) is 27.2. The summed E-state index contributed by atoms with van der Waals surface area (Å²) in [5.41, 5.74) is 10.2. The van der Waals surface area contributed by atoms with Crippen molar-refractivity contribution in [3.8, 4) is 17.2 Å². The maximum Gasteiger partial charge on any atom is 0.133 e. The van der Waals surface area contributed by atoms with Crippen LogP contribution in [0.5, 0.6) is 17.2 Å². The number of hydrogen-bond acceptors (Lipinski definition) is 6. The van der Waals surface area contributed by atoms with Gasteiger partial charge in [0.1, 0.15) is 34.7 Å². The average Bonchev–Trinajstić information content (AvgIpc) is 3.31. The highest BCUT2D eigenvalue weighted by molar-refractivity contribution is 5.55. The van der Waals surface area contributed by atoms with Gasteiger partial charge in [0.25, 0.3) is 0 Å². The molecule has 7 aromatic rings. The highest BCUT2D eigenvalue weighted by atomic mass is 16.3. The van der Waals surface area contributed by atoms with Crippen molar-refractivity contribution in [1.82, 2.24) is 15.0 Å². The first-order valence-electron chi connectivity index (χ1n) is 27.2. The van der Waals surface area contributed by atoms with Crippen molar-refractivity contribution < 1.29 is 15.3 Å². The normalized spacial score (nSPS) is 14.2. The second-order valence-electron chi connectivity index (χ2n) is 27.5. The van der Waals surface area contributed by atoms with E-state index in [1.807, 2.05) is 0 Å². The number of benzene rings is 6. The van der Waals surface area contributed by atoms with Crippen molar-refractivity contribution in [2.75, 3.05) is 0 Å². The summed E-state index contributed by atoms with van der Waals surface area (Å²) in [7, 11) is 0. The molecule has 0 aliphatic heterocycles. The number of nitrogens with zero attached hydrogens (tertiary/aromatic N) is 3. The molecule has 1 aromatic heterocycles. The second-order valence-corrected chi connectivity index (χ2v) is 27.5. The van der Waals surface area contributed by atoms with Gasteiger partial charge in [-0.15, -0.1) is 0 Å². The molecule has 0 bridgehead atoms. The fourth-order valence-electron chi connectivity index (χ4n) is 10.7. The van der Waals surface area contributed by atoms with Crippen LogP contribution in [0.3, 0.4) is 0 Å². The van der Waals surface area contributed by atoms with Gasteiger partial charge in [0.15, 0.2) is 0 Å². The van der Waals surface area contributed by atoms with E-state index < -0.39 is 0 Å². The van der Waals surface area contributed by atoms with E-state index in [0.717, 1.165) is 66.8 Å². The summed E-state index contributed by atoms with van der Waals surface area (Å²) >= 11 is 0. The molecular weight excluding hydrogens is 919 g/mol. The summed E-state index contributed by atoms with van der Waals surface area (Å²) in [6.07, 6.45) is 1.46. The Morgan fingerprint density at radius 1 is 0.280 bits per heavy atom. The first-order chi connectivity index (χ1) is 34.7. The van der Waals surface area contributed by atoms with Crippen LogP contribution < -0.4 is 0 Å². The number of phenolic OH excluding ortho intramolecular Hbond substituents is 3. The molecule has 3 atom stereocenters. The molecule has 6 heteroatoms. The third-order valence-corrected chi connectivity index (χ3v) is 15.0. The average molecular weight is 1010 g/mol. The van der Waals surface area contributed by atoms with Crippen LogP contribution in [0.25, 0.3) is 0 Å². The quantitative estimate of drug-likeness (QED) is 0.113. The number of aromatic hydroxyl groups is 3. The van der Waals surface area contributed by atoms with Crippen molar-refractivity contribution in [3.05, 3.63) is 212 Å². The van der Waals surface area contributed by atoms with Gasteiger partial charge in [-0.25, -0.2) is 15.0 Å². The van der Waals surface area contributed by atoms with Crippen LogP contribution in [0.4, 0.5) is 0 Å². The maximum absolute atomic E-state index is 12.0. The van der Waals surface area contributed by atoms with Gasteiger partial charge >= 0.3 is 0 Å². The van der Waals surface area contributed by atoms with E-state index in [1.54, 1.807) is 0 Å².